The molecule has 1 aromatic carbocycles. The molecule has 0 radical (unpaired) electrons. The fourth-order valence-electron chi connectivity index (χ4n) is 5.27. The maximum Gasteiger partial charge on any atom is 0.350 e. The summed E-state index contributed by atoms with van der Waals surface area (Å²) in [6, 6.07) is 12.6. The van der Waals surface area contributed by atoms with E-state index in [2.05, 4.69) is 57.5 Å². The summed E-state index contributed by atoms with van der Waals surface area (Å²) in [6.07, 6.45) is 2.89. The van der Waals surface area contributed by atoms with Gasteiger partial charge in [-0.15, -0.1) is 4.98 Å². The summed E-state index contributed by atoms with van der Waals surface area (Å²) in [5.41, 5.74) is 2.29. The number of hydrogen-bond acceptors (Lipinski definition) is 6. The molecule has 0 N–H and O–H groups in total. The number of fused-ring (bicyclic) bond motifs is 1. The first kappa shape index (κ1) is 24.7. The van der Waals surface area contributed by atoms with Crippen LogP contribution >= 0.6 is 0 Å². The Morgan fingerprint density at radius 1 is 1.06 bits per heavy atom. The Bertz CT molecular complexity index is 1280. The van der Waals surface area contributed by atoms with Gasteiger partial charge in [-0.25, -0.2) is 4.79 Å². The van der Waals surface area contributed by atoms with E-state index >= 15 is 0 Å². The van der Waals surface area contributed by atoms with Crippen LogP contribution in [0.4, 0.5) is 11.6 Å². The quantitative estimate of drug-likeness (QED) is 0.462. The van der Waals surface area contributed by atoms with E-state index in [-0.39, 0.29) is 17.8 Å². The molecule has 1 fully saturated rings. The number of aromatic nitrogens is 3. The Hall–Kier alpha value is -3.44. The molecule has 1 aliphatic rings. The first-order valence-corrected chi connectivity index (χ1v) is 12.4. The van der Waals surface area contributed by atoms with Gasteiger partial charge in [-0.1, -0.05) is 39.5 Å². The highest BCUT2D eigenvalue weighted by molar-refractivity contribution is 5.87. The van der Waals surface area contributed by atoms with E-state index in [1.165, 1.54) is 10.1 Å². The molecule has 1 aliphatic heterocycles. The molecule has 1 saturated heterocycles. The molecule has 3 atom stereocenters. The molecule has 0 spiro atoms. The second kappa shape index (κ2) is 10.4. The highest BCUT2D eigenvalue weighted by Gasteiger charge is 2.38. The second-order valence-electron chi connectivity index (χ2n) is 9.10. The molecule has 3 unspecified atom stereocenters. The van der Waals surface area contributed by atoms with Crippen LogP contribution in [-0.2, 0) is 7.05 Å². The third-order valence-electron chi connectivity index (χ3n) is 7.28. The Kier molecular flexibility index (Phi) is 7.37. The van der Waals surface area contributed by atoms with Crippen LogP contribution in [0.15, 0.2) is 41.2 Å². The van der Waals surface area contributed by atoms with Gasteiger partial charge in [0.2, 0.25) is 5.52 Å². The average Bonchev–Trinajstić information content (AvgIpc) is 2.90. The van der Waals surface area contributed by atoms with Crippen LogP contribution in [0.25, 0.3) is 15.9 Å². The molecule has 184 valence electrons. The number of pyridine rings is 1. The lowest BCUT2D eigenvalue weighted by molar-refractivity contribution is 0.0895. The normalized spacial score (nSPS) is 19.5. The summed E-state index contributed by atoms with van der Waals surface area (Å²) < 4.78 is 6.86. The minimum absolute atomic E-state index is 0.173. The minimum Gasteiger partial charge on any atom is -0.497 e. The molecule has 0 aliphatic carbocycles. The first-order valence-electron chi connectivity index (χ1n) is 12.4. The van der Waals surface area contributed by atoms with E-state index in [1.807, 2.05) is 12.1 Å². The van der Waals surface area contributed by atoms with E-state index in [0.717, 1.165) is 38.1 Å². The van der Waals surface area contributed by atoms with Gasteiger partial charge in [-0.2, -0.15) is 4.98 Å². The van der Waals surface area contributed by atoms with Crippen molar-refractivity contribution in [2.24, 2.45) is 7.05 Å². The first-order chi connectivity index (χ1) is 16.9. The zero-order valence-electron chi connectivity index (χ0n) is 21.2. The highest BCUT2D eigenvalue weighted by Crippen LogP contribution is 2.35. The fourth-order valence-corrected chi connectivity index (χ4v) is 5.27. The van der Waals surface area contributed by atoms with Crippen molar-refractivity contribution in [1.82, 2.24) is 19.4 Å². The Morgan fingerprint density at radius 2 is 1.77 bits per heavy atom. The van der Waals surface area contributed by atoms with Crippen molar-refractivity contribution < 1.29 is 4.74 Å². The zero-order chi connectivity index (χ0) is 25.1. The van der Waals surface area contributed by atoms with Crippen molar-refractivity contribution in [3.8, 4) is 5.75 Å². The number of benzene rings is 1. The molecule has 8 heteroatoms. The van der Waals surface area contributed by atoms with E-state index < -0.39 is 0 Å². The van der Waals surface area contributed by atoms with Crippen molar-refractivity contribution in [3.63, 3.8) is 0 Å². The van der Waals surface area contributed by atoms with Crippen LogP contribution < -0.4 is 15.3 Å². The smallest absolute Gasteiger partial charge is 0.350 e. The van der Waals surface area contributed by atoms with Gasteiger partial charge in [-0.3, -0.25) is 9.47 Å². The third-order valence-corrected chi connectivity index (χ3v) is 7.28. The van der Waals surface area contributed by atoms with Gasteiger partial charge >= 0.3 is 5.69 Å². The lowest BCUT2D eigenvalue weighted by atomic mass is 9.95. The molecule has 0 amide bonds. The molecule has 3 aromatic rings. The molecule has 0 bridgehead atoms. The van der Waals surface area contributed by atoms with Gasteiger partial charge < -0.3 is 14.5 Å². The number of aryl methyl sites for hydroxylation is 1. The number of hydrogen-bond donors (Lipinski definition) is 0. The standard InChI is InChI=1S/C27H34N6O2/c1-7-19-17-33(26-25-23(31(5)27(34)30-26)14-15-24(28-4)29-25)20(8-2)16-32(19)22(9-3)18-10-12-21(35-6)13-11-18/h10-15,19-20,22H,7-9,16-17H2,1-3,5-6H3. The SMILES string of the molecule is [C-]#[N+]c1ccc2c(n1)c(N1CC(CC)N(C(CC)c3ccc(OC)cc3)CC1CC)nc(=O)n2C. The largest absolute Gasteiger partial charge is 0.497 e. The predicted octanol–water partition coefficient (Wildman–Crippen LogP) is 4.72. The van der Waals surface area contributed by atoms with Crippen LogP contribution in [0.1, 0.15) is 51.6 Å². The number of ether oxygens (including phenoxy) is 1. The van der Waals surface area contributed by atoms with Crippen molar-refractivity contribution in [2.75, 3.05) is 25.1 Å². The second-order valence-corrected chi connectivity index (χ2v) is 9.10. The lowest BCUT2D eigenvalue weighted by Crippen LogP contribution is -2.59. The van der Waals surface area contributed by atoms with E-state index in [4.69, 9.17) is 11.3 Å². The molecular formula is C27H34N6O2. The number of nitrogens with zero attached hydrogens (tertiary/aromatic N) is 6. The topological polar surface area (TPSA) is 67.9 Å². The van der Waals surface area contributed by atoms with Crippen molar-refractivity contribution in [3.05, 3.63) is 63.9 Å². The van der Waals surface area contributed by atoms with Gasteiger partial charge in [0.25, 0.3) is 5.82 Å². The van der Waals surface area contributed by atoms with Gasteiger partial charge in [0.1, 0.15) is 5.75 Å². The molecule has 8 nitrogen and oxygen atoms in total. The predicted molar refractivity (Wildman–Crippen MR) is 139 cm³/mol. The summed E-state index contributed by atoms with van der Waals surface area (Å²) in [5, 5.41) is 0. The number of piperazine rings is 1. The summed E-state index contributed by atoms with van der Waals surface area (Å²) in [4.78, 5) is 30.2. The van der Waals surface area contributed by atoms with Crippen LogP contribution in [0.3, 0.4) is 0 Å². The molecule has 35 heavy (non-hydrogen) atoms. The van der Waals surface area contributed by atoms with Crippen LogP contribution in [-0.4, -0.2) is 51.7 Å². The molecule has 2 aromatic heterocycles. The molecular weight excluding hydrogens is 440 g/mol. The molecule has 3 heterocycles. The maximum absolute atomic E-state index is 12.8. The number of methoxy groups -OCH3 is 1. The summed E-state index contributed by atoms with van der Waals surface area (Å²) >= 11 is 0. The van der Waals surface area contributed by atoms with Crippen LogP contribution in [0.2, 0.25) is 0 Å². The fraction of sp³-hybridized carbons (Fsp3) is 0.481. The van der Waals surface area contributed by atoms with Crippen LogP contribution in [0, 0.1) is 6.57 Å². The summed E-state index contributed by atoms with van der Waals surface area (Å²) in [7, 11) is 3.39. The summed E-state index contributed by atoms with van der Waals surface area (Å²) in [5.74, 6) is 1.77. The maximum atomic E-state index is 12.8. The third kappa shape index (κ3) is 4.61. The number of rotatable bonds is 7. The van der Waals surface area contributed by atoms with Gasteiger partial charge in [-0.05, 0) is 49.1 Å². The Labute approximate surface area is 207 Å². The lowest BCUT2D eigenvalue weighted by Gasteiger charge is -2.49. The zero-order valence-corrected chi connectivity index (χ0v) is 21.2. The van der Waals surface area contributed by atoms with Gasteiger partial charge in [0, 0.05) is 38.3 Å². The van der Waals surface area contributed by atoms with Crippen LogP contribution in [0.5, 0.6) is 5.75 Å². The minimum atomic E-state index is -0.306. The van der Waals surface area contributed by atoms with Crippen molar-refractivity contribution in [1.29, 1.82) is 0 Å². The summed E-state index contributed by atoms with van der Waals surface area (Å²) in [6.45, 7) is 15.7. The number of anilines is 1. The monoisotopic (exact) mass is 474 g/mol. The molecule has 0 saturated carbocycles. The average molecular weight is 475 g/mol. The van der Waals surface area contributed by atoms with Crippen molar-refractivity contribution >= 4 is 22.7 Å². The Morgan fingerprint density at radius 3 is 2.37 bits per heavy atom. The highest BCUT2D eigenvalue weighted by atomic mass is 16.5. The Balaban J connectivity index is 1.75. The van der Waals surface area contributed by atoms with Crippen molar-refractivity contribution in [2.45, 2.75) is 58.2 Å². The van der Waals surface area contributed by atoms with E-state index in [0.29, 0.717) is 28.7 Å². The van der Waals surface area contributed by atoms with E-state index in [9.17, 15) is 4.79 Å². The molecule has 4 rings (SSSR count). The van der Waals surface area contributed by atoms with Gasteiger partial charge in [0.15, 0.2) is 5.82 Å². The van der Waals surface area contributed by atoms with E-state index in [1.54, 1.807) is 26.3 Å². The van der Waals surface area contributed by atoms with Gasteiger partial charge in [0.05, 0.1) is 12.6 Å².